The van der Waals surface area contributed by atoms with Gasteiger partial charge in [0.05, 0.1) is 36.3 Å². The predicted octanol–water partition coefficient (Wildman–Crippen LogP) is 4.91. The van der Waals surface area contributed by atoms with E-state index in [9.17, 15) is 9.59 Å². The fraction of sp³-hybridized carbons (Fsp3) is 0.222. The summed E-state index contributed by atoms with van der Waals surface area (Å²) >= 11 is 1.24. The zero-order chi connectivity index (χ0) is 24.6. The van der Waals surface area contributed by atoms with Crippen LogP contribution >= 0.6 is 11.8 Å². The van der Waals surface area contributed by atoms with Crippen LogP contribution in [0.15, 0.2) is 88.8 Å². The summed E-state index contributed by atoms with van der Waals surface area (Å²) in [5, 5.41) is 3.32. The van der Waals surface area contributed by atoms with Crippen molar-refractivity contribution in [3.8, 4) is 5.75 Å². The molecule has 4 rings (SSSR count). The first-order chi connectivity index (χ1) is 17.1. The van der Waals surface area contributed by atoms with Crippen LogP contribution in [0, 0.1) is 0 Å². The van der Waals surface area contributed by atoms with E-state index < -0.39 is 5.25 Å². The summed E-state index contributed by atoms with van der Waals surface area (Å²) in [6.07, 6.45) is 0. The molecule has 3 aromatic carbocycles. The number of anilines is 1. The van der Waals surface area contributed by atoms with Gasteiger partial charge in [0, 0.05) is 7.11 Å². The maximum absolute atomic E-state index is 13.6. The zero-order valence-corrected chi connectivity index (χ0v) is 20.5. The van der Waals surface area contributed by atoms with Crippen molar-refractivity contribution in [2.24, 2.45) is 0 Å². The summed E-state index contributed by atoms with van der Waals surface area (Å²) in [4.78, 5) is 31.7. The molecule has 1 atom stereocenters. The van der Waals surface area contributed by atoms with Crippen molar-refractivity contribution in [1.82, 2.24) is 9.55 Å². The lowest BCUT2D eigenvalue weighted by Gasteiger charge is -2.20. The number of hydrogen-bond donors (Lipinski definition) is 1. The van der Waals surface area contributed by atoms with Gasteiger partial charge in [0.25, 0.3) is 5.56 Å². The summed E-state index contributed by atoms with van der Waals surface area (Å²) in [6.45, 7) is 3.05. The molecule has 35 heavy (non-hydrogen) atoms. The van der Waals surface area contributed by atoms with E-state index in [0.717, 1.165) is 5.56 Å². The number of carbonyl (C=O) groups is 1. The summed E-state index contributed by atoms with van der Waals surface area (Å²) in [6, 6.07) is 24.0. The van der Waals surface area contributed by atoms with Crippen molar-refractivity contribution in [2.45, 2.75) is 23.9 Å². The Morgan fingerprint density at radius 1 is 1.03 bits per heavy atom. The van der Waals surface area contributed by atoms with E-state index in [4.69, 9.17) is 14.5 Å². The lowest BCUT2D eigenvalue weighted by atomic mass is 10.1. The van der Waals surface area contributed by atoms with Gasteiger partial charge in [0.15, 0.2) is 5.16 Å². The lowest BCUT2D eigenvalue weighted by molar-refractivity contribution is -0.115. The van der Waals surface area contributed by atoms with E-state index in [2.05, 4.69) is 5.32 Å². The second-order valence-corrected chi connectivity index (χ2v) is 8.76. The number of aromatic nitrogens is 2. The van der Waals surface area contributed by atoms with E-state index in [0.29, 0.717) is 47.3 Å². The molecule has 1 N–H and O–H groups in total. The van der Waals surface area contributed by atoms with Crippen molar-refractivity contribution >= 4 is 34.3 Å². The minimum absolute atomic E-state index is 0.163. The molecule has 0 aliphatic carbocycles. The zero-order valence-electron chi connectivity index (χ0n) is 19.6. The molecule has 8 heteroatoms. The average molecular weight is 490 g/mol. The molecule has 1 aromatic heterocycles. The number of fused-ring (bicyclic) bond motifs is 1. The molecule has 180 valence electrons. The van der Waals surface area contributed by atoms with Gasteiger partial charge in [0.2, 0.25) is 5.91 Å². The number of hydrogen-bond acceptors (Lipinski definition) is 6. The smallest absolute Gasteiger partial charge is 0.262 e. The molecule has 4 aromatic rings. The number of methoxy groups -OCH3 is 1. The van der Waals surface area contributed by atoms with Crippen LogP contribution in [0.5, 0.6) is 5.75 Å². The Kier molecular flexibility index (Phi) is 8.18. The summed E-state index contributed by atoms with van der Waals surface area (Å²) < 4.78 is 12.5. The van der Waals surface area contributed by atoms with Gasteiger partial charge < -0.3 is 14.8 Å². The standard InChI is InChI=1S/C27H27N3O4S/c1-3-34-23-16-10-9-15-22(23)28-25(31)24(19-11-5-4-6-12-19)35-27-29-21-14-8-7-13-20(21)26(32)30(27)17-18-33-2/h4-16,24H,3,17-18H2,1-2H3,(H,28,31)/t24-/m0/s1. The SMILES string of the molecule is CCOc1ccccc1NC(=O)[C@@H](Sc1nc2ccccc2c(=O)n1CCOC)c1ccccc1. The molecule has 0 radical (unpaired) electrons. The number of nitrogens with zero attached hydrogens (tertiary/aromatic N) is 2. The van der Waals surface area contributed by atoms with Crippen LogP contribution < -0.4 is 15.6 Å². The first-order valence-electron chi connectivity index (χ1n) is 11.3. The molecule has 0 bridgehead atoms. The Morgan fingerprint density at radius 3 is 2.51 bits per heavy atom. The molecule has 7 nitrogen and oxygen atoms in total. The van der Waals surface area contributed by atoms with Crippen LogP contribution in [-0.4, -0.2) is 35.8 Å². The number of thioether (sulfide) groups is 1. The normalized spacial score (nSPS) is 11.8. The molecular weight excluding hydrogens is 462 g/mol. The third kappa shape index (κ3) is 5.72. The molecular formula is C27H27N3O4S. The predicted molar refractivity (Wildman–Crippen MR) is 139 cm³/mol. The van der Waals surface area contributed by atoms with Crippen LogP contribution in [0.25, 0.3) is 10.9 Å². The third-order valence-corrected chi connectivity index (χ3v) is 6.60. The van der Waals surface area contributed by atoms with Gasteiger partial charge in [-0.25, -0.2) is 4.98 Å². The second-order valence-electron chi connectivity index (χ2n) is 7.69. The van der Waals surface area contributed by atoms with Crippen molar-refractivity contribution in [3.05, 3.63) is 94.8 Å². The number of amides is 1. The summed E-state index contributed by atoms with van der Waals surface area (Å²) in [7, 11) is 1.59. The Bertz CT molecular complexity index is 1360. The lowest BCUT2D eigenvalue weighted by Crippen LogP contribution is -2.27. The molecule has 1 heterocycles. The molecule has 0 aliphatic heterocycles. The van der Waals surface area contributed by atoms with Crippen LogP contribution in [0.2, 0.25) is 0 Å². The van der Waals surface area contributed by atoms with E-state index >= 15 is 0 Å². The first kappa shape index (κ1) is 24.5. The highest BCUT2D eigenvalue weighted by atomic mass is 32.2. The molecule has 0 spiro atoms. The Balaban J connectivity index is 1.75. The summed E-state index contributed by atoms with van der Waals surface area (Å²) in [5.41, 5.74) is 1.81. The van der Waals surface area contributed by atoms with Crippen molar-refractivity contribution in [2.75, 3.05) is 25.6 Å². The molecule has 0 saturated carbocycles. The Labute approximate surface area is 208 Å². The van der Waals surface area contributed by atoms with Gasteiger partial charge in [-0.15, -0.1) is 0 Å². The average Bonchev–Trinajstić information content (AvgIpc) is 2.88. The van der Waals surface area contributed by atoms with Gasteiger partial charge in [-0.1, -0.05) is 66.4 Å². The molecule has 0 saturated heterocycles. The number of benzene rings is 3. The number of ether oxygens (including phenoxy) is 2. The van der Waals surface area contributed by atoms with Crippen molar-refractivity contribution in [1.29, 1.82) is 0 Å². The van der Waals surface area contributed by atoms with Crippen LogP contribution in [0.3, 0.4) is 0 Å². The number of nitrogens with one attached hydrogen (secondary N) is 1. The molecule has 1 amide bonds. The van der Waals surface area contributed by atoms with Crippen molar-refractivity contribution < 1.29 is 14.3 Å². The fourth-order valence-electron chi connectivity index (χ4n) is 3.67. The number of para-hydroxylation sites is 3. The highest BCUT2D eigenvalue weighted by Crippen LogP contribution is 2.36. The monoisotopic (exact) mass is 489 g/mol. The van der Waals surface area contributed by atoms with Crippen LogP contribution in [-0.2, 0) is 16.1 Å². The third-order valence-electron chi connectivity index (χ3n) is 5.35. The van der Waals surface area contributed by atoms with Gasteiger partial charge in [-0.3, -0.25) is 14.2 Å². The number of rotatable bonds is 10. The maximum atomic E-state index is 13.6. The maximum Gasteiger partial charge on any atom is 0.262 e. The van der Waals surface area contributed by atoms with Gasteiger partial charge >= 0.3 is 0 Å². The van der Waals surface area contributed by atoms with Crippen molar-refractivity contribution in [3.63, 3.8) is 0 Å². The molecule has 0 unspecified atom stereocenters. The minimum Gasteiger partial charge on any atom is -0.492 e. The second kappa shape index (κ2) is 11.7. The minimum atomic E-state index is -0.660. The Morgan fingerprint density at radius 2 is 1.74 bits per heavy atom. The topological polar surface area (TPSA) is 82.5 Å². The quantitative estimate of drug-likeness (QED) is 0.252. The Hall–Kier alpha value is -3.62. The van der Waals surface area contributed by atoms with E-state index in [1.807, 2.05) is 67.6 Å². The first-order valence-corrected chi connectivity index (χ1v) is 12.2. The van der Waals surface area contributed by atoms with E-state index in [1.54, 1.807) is 29.9 Å². The van der Waals surface area contributed by atoms with E-state index in [1.165, 1.54) is 11.8 Å². The largest absolute Gasteiger partial charge is 0.492 e. The van der Waals surface area contributed by atoms with E-state index in [-0.39, 0.29) is 11.5 Å². The number of carbonyl (C=O) groups excluding carboxylic acids is 1. The van der Waals surface area contributed by atoms with Gasteiger partial charge in [-0.2, -0.15) is 0 Å². The van der Waals surface area contributed by atoms with Crippen LogP contribution in [0.4, 0.5) is 5.69 Å². The highest BCUT2D eigenvalue weighted by molar-refractivity contribution is 8.00. The fourth-order valence-corrected chi connectivity index (χ4v) is 4.80. The molecule has 0 aliphatic rings. The summed E-state index contributed by atoms with van der Waals surface area (Å²) in [5.74, 6) is 0.357. The highest BCUT2D eigenvalue weighted by Gasteiger charge is 2.26. The van der Waals surface area contributed by atoms with Gasteiger partial charge in [0.1, 0.15) is 11.0 Å². The van der Waals surface area contributed by atoms with Crippen LogP contribution in [0.1, 0.15) is 17.7 Å². The van der Waals surface area contributed by atoms with Gasteiger partial charge in [-0.05, 0) is 36.8 Å². The molecule has 0 fully saturated rings.